The van der Waals surface area contributed by atoms with Gasteiger partial charge in [0.1, 0.15) is 5.82 Å². The summed E-state index contributed by atoms with van der Waals surface area (Å²) in [5, 5.41) is 15.9. The molecule has 2 aromatic rings. The molecule has 8 nitrogen and oxygen atoms in total. The number of benzene rings is 1. The number of carbonyl (C=O) groups is 1. The second-order valence-corrected chi connectivity index (χ2v) is 7.08. The topological polar surface area (TPSA) is 116 Å². The molecule has 0 bridgehead atoms. The van der Waals surface area contributed by atoms with Gasteiger partial charge in [-0.2, -0.15) is 4.98 Å². The normalized spacial score (nSPS) is 19.1. The van der Waals surface area contributed by atoms with Crippen LogP contribution in [0.5, 0.6) is 0 Å². The first-order chi connectivity index (χ1) is 13.1. The van der Waals surface area contributed by atoms with Gasteiger partial charge < -0.3 is 26.4 Å². The van der Waals surface area contributed by atoms with Crippen molar-refractivity contribution in [3.05, 3.63) is 36.0 Å². The number of nitrogens with one attached hydrogen (secondary N) is 2. The van der Waals surface area contributed by atoms with Crippen molar-refractivity contribution < 1.29 is 9.90 Å². The average molecular weight is 368 g/mol. The van der Waals surface area contributed by atoms with Gasteiger partial charge in [0.15, 0.2) is 0 Å². The highest BCUT2D eigenvalue weighted by atomic mass is 16.3. The Balaban J connectivity index is 1.49. The Morgan fingerprint density at radius 2 is 2.04 bits per heavy atom. The Hall–Kier alpha value is -2.87. The third-order valence-electron chi connectivity index (χ3n) is 5.02. The number of primary amides is 1. The van der Waals surface area contributed by atoms with E-state index in [1.54, 1.807) is 0 Å². The van der Waals surface area contributed by atoms with E-state index in [0.29, 0.717) is 23.4 Å². The molecule has 27 heavy (non-hydrogen) atoms. The van der Waals surface area contributed by atoms with Gasteiger partial charge in [0.25, 0.3) is 5.91 Å². The van der Waals surface area contributed by atoms with Crippen LogP contribution in [0.3, 0.4) is 0 Å². The minimum absolute atomic E-state index is 0.177. The molecule has 1 atom stereocenters. The second-order valence-electron chi connectivity index (χ2n) is 7.08. The lowest BCUT2D eigenvalue weighted by Crippen LogP contribution is -2.31. The number of nitrogens with two attached hydrogens (primary N) is 1. The fourth-order valence-electron chi connectivity index (χ4n) is 3.38. The van der Waals surface area contributed by atoms with Gasteiger partial charge in [-0.1, -0.05) is 0 Å². The fraction of sp³-hybridized carbons (Fsp3) is 0.421. The number of nitrogens with zero attached hydrogens (tertiary/aromatic N) is 3. The van der Waals surface area contributed by atoms with E-state index in [0.717, 1.165) is 43.6 Å². The first kappa shape index (κ1) is 17.5. The van der Waals surface area contributed by atoms with Crippen molar-refractivity contribution in [3.63, 3.8) is 0 Å². The van der Waals surface area contributed by atoms with Gasteiger partial charge in [0.2, 0.25) is 5.95 Å². The monoisotopic (exact) mass is 368 g/mol. The Morgan fingerprint density at radius 1 is 1.26 bits per heavy atom. The molecule has 1 aliphatic carbocycles. The molecule has 0 radical (unpaired) electrons. The predicted octanol–water partition coefficient (Wildman–Crippen LogP) is 1.85. The zero-order valence-corrected chi connectivity index (χ0v) is 15.1. The Bertz CT molecular complexity index is 821. The summed E-state index contributed by atoms with van der Waals surface area (Å²) in [5.41, 5.74) is 7.65. The molecule has 1 aliphatic heterocycles. The zero-order chi connectivity index (χ0) is 18.8. The Morgan fingerprint density at radius 3 is 2.70 bits per heavy atom. The molecule has 1 saturated carbocycles. The van der Waals surface area contributed by atoms with E-state index in [1.807, 2.05) is 24.3 Å². The summed E-state index contributed by atoms with van der Waals surface area (Å²) in [7, 11) is 0. The SMILES string of the molecule is NC(=O)c1cnc(Nc2ccc(N3CCC[C@H]3CO)cc2)nc1NC1CC1. The van der Waals surface area contributed by atoms with Crippen molar-refractivity contribution in [1.29, 1.82) is 0 Å². The van der Waals surface area contributed by atoms with E-state index >= 15 is 0 Å². The van der Waals surface area contributed by atoms with Crippen molar-refractivity contribution >= 4 is 29.0 Å². The van der Waals surface area contributed by atoms with Crippen molar-refractivity contribution in [2.75, 3.05) is 28.7 Å². The molecule has 4 rings (SSSR count). The number of carbonyl (C=O) groups excluding carboxylic acids is 1. The van der Waals surface area contributed by atoms with Crippen LogP contribution in [-0.2, 0) is 0 Å². The van der Waals surface area contributed by atoms with E-state index in [4.69, 9.17) is 5.73 Å². The minimum atomic E-state index is -0.543. The summed E-state index contributed by atoms with van der Waals surface area (Å²) in [5.74, 6) is 0.338. The van der Waals surface area contributed by atoms with Crippen LogP contribution in [0.4, 0.5) is 23.1 Å². The number of aliphatic hydroxyl groups is 1. The smallest absolute Gasteiger partial charge is 0.254 e. The highest BCUT2D eigenvalue weighted by Gasteiger charge is 2.25. The number of hydrogen-bond acceptors (Lipinski definition) is 7. The standard InChI is InChI=1S/C19H24N6O2/c20-17(27)16-10-21-19(24-18(16)22-12-3-4-12)23-13-5-7-14(8-6-13)25-9-1-2-15(25)11-26/h5-8,10,12,15,26H,1-4,9,11H2,(H2,20,27)(H2,21,22,23,24)/t15-/m0/s1. The van der Waals surface area contributed by atoms with Gasteiger partial charge >= 0.3 is 0 Å². The summed E-state index contributed by atoms with van der Waals surface area (Å²) < 4.78 is 0. The van der Waals surface area contributed by atoms with Crippen LogP contribution in [0.15, 0.2) is 30.5 Å². The number of amides is 1. The minimum Gasteiger partial charge on any atom is -0.394 e. The van der Waals surface area contributed by atoms with Crippen molar-refractivity contribution in [3.8, 4) is 0 Å². The van der Waals surface area contributed by atoms with E-state index in [9.17, 15) is 9.90 Å². The van der Waals surface area contributed by atoms with Crippen LogP contribution in [-0.4, -0.2) is 46.2 Å². The number of anilines is 4. The maximum Gasteiger partial charge on any atom is 0.254 e. The van der Waals surface area contributed by atoms with E-state index in [1.165, 1.54) is 6.20 Å². The Kier molecular flexibility index (Phi) is 4.81. The molecule has 2 heterocycles. The summed E-state index contributed by atoms with van der Waals surface area (Å²) in [6, 6.07) is 8.52. The maximum absolute atomic E-state index is 11.6. The van der Waals surface area contributed by atoms with Crippen LogP contribution >= 0.6 is 0 Å². The lowest BCUT2D eigenvalue weighted by molar-refractivity contribution is 0.100. The Labute approximate surface area is 157 Å². The van der Waals surface area contributed by atoms with Gasteiger partial charge in [-0.15, -0.1) is 0 Å². The lowest BCUT2D eigenvalue weighted by Gasteiger charge is -2.25. The van der Waals surface area contributed by atoms with E-state index < -0.39 is 5.91 Å². The third kappa shape index (κ3) is 3.95. The van der Waals surface area contributed by atoms with Crippen molar-refractivity contribution in [1.82, 2.24) is 9.97 Å². The van der Waals surface area contributed by atoms with Crippen LogP contribution in [0, 0.1) is 0 Å². The average Bonchev–Trinajstić information content (AvgIpc) is 3.35. The van der Waals surface area contributed by atoms with Gasteiger partial charge in [-0.05, 0) is 49.9 Å². The molecule has 1 aromatic heterocycles. The summed E-state index contributed by atoms with van der Waals surface area (Å²) in [6.07, 6.45) is 5.71. The highest BCUT2D eigenvalue weighted by Crippen LogP contribution is 2.28. The van der Waals surface area contributed by atoms with Crippen LogP contribution in [0.25, 0.3) is 0 Å². The number of rotatable bonds is 7. The molecular formula is C19H24N6O2. The highest BCUT2D eigenvalue weighted by molar-refractivity contribution is 5.97. The first-order valence-electron chi connectivity index (χ1n) is 9.32. The molecule has 2 fully saturated rings. The molecule has 5 N–H and O–H groups in total. The second kappa shape index (κ2) is 7.40. The molecule has 1 aromatic carbocycles. The third-order valence-corrected chi connectivity index (χ3v) is 5.02. The molecule has 0 unspecified atom stereocenters. The van der Waals surface area contributed by atoms with Crippen LogP contribution in [0.1, 0.15) is 36.0 Å². The van der Waals surface area contributed by atoms with Gasteiger partial charge in [0, 0.05) is 30.2 Å². The zero-order valence-electron chi connectivity index (χ0n) is 15.1. The molecular weight excluding hydrogens is 344 g/mol. The maximum atomic E-state index is 11.6. The number of aromatic nitrogens is 2. The van der Waals surface area contributed by atoms with Gasteiger partial charge in [-0.25, -0.2) is 4.98 Å². The quantitative estimate of drug-likeness (QED) is 0.589. The molecule has 2 aliphatic rings. The molecule has 8 heteroatoms. The van der Waals surface area contributed by atoms with Gasteiger partial charge in [0.05, 0.1) is 18.2 Å². The van der Waals surface area contributed by atoms with Crippen molar-refractivity contribution in [2.45, 2.75) is 37.8 Å². The fourth-order valence-corrected chi connectivity index (χ4v) is 3.38. The van der Waals surface area contributed by atoms with E-state index in [-0.39, 0.29) is 12.6 Å². The van der Waals surface area contributed by atoms with Gasteiger partial charge in [-0.3, -0.25) is 4.79 Å². The van der Waals surface area contributed by atoms with E-state index in [2.05, 4.69) is 25.5 Å². The van der Waals surface area contributed by atoms with Crippen LogP contribution < -0.4 is 21.3 Å². The molecule has 0 spiro atoms. The summed E-state index contributed by atoms with van der Waals surface area (Å²) in [4.78, 5) is 22.4. The molecule has 1 saturated heterocycles. The number of aliphatic hydroxyl groups excluding tert-OH is 1. The molecule has 1 amide bonds. The molecule has 142 valence electrons. The summed E-state index contributed by atoms with van der Waals surface area (Å²) in [6.45, 7) is 1.14. The number of hydrogen-bond donors (Lipinski definition) is 4. The van der Waals surface area contributed by atoms with Crippen LogP contribution in [0.2, 0.25) is 0 Å². The van der Waals surface area contributed by atoms with Crippen molar-refractivity contribution in [2.24, 2.45) is 5.73 Å². The first-order valence-corrected chi connectivity index (χ1v) is 9.32. The summed E-state index contributed by atoms with van der Waals surface area (Å²) >= 11 is 0. The predicted molar refractivity (Wildman–Crippen MR) is 104 cm³/mol. The largest absolute Gasteiger partial charge is 0.394 e. The lowest BCUT2D eigenvalue weighted by atomic mass is 10.2.